The molecule has 0 atom stereocenters. The van der Waals surface area contributed by atoms with Gasteiger partial charge in [0.15, 0.2) is 5.82 Å². The minimum atomic E-state index is -0.426. The Bertz CT molecular complexity index is 618. The highest BCUT2D eigenvalue weighted by molar-refractivity contribution is 9.10. The van der Waals surface area contributed by atoms with E-state index in [1.807, 2.05) is 6.92 Å². The van der Waals surface area contributed by atoms with Gasteiger partial charge in [-0.05, 0) is 19.1 Å². The Labute approximate surface area is 118 Å². The van der Waals surface area contributed by atoms with Crippen LogP contribution >= 0.6 is 15.9 Å². The fraction of sp³-hybridized carbons (Fsp3) is 0.167. The van der Waals surface area contributed by atoms with E-state index in [1.165, 1.54) is 12.3 Å². The van der Waals surface area contributed by atoms with Crippen LogP contribution in [0.4, 0.5) is 11.5 Å². The second-order valence-electron chi connectivity index (χ2n) is 3.70. The number of rotatable bonds is 4. The summed E-state index contributed by atoms with van der Waals surface area (Å²) in [6, 6.07) is 4.86. The predicted molar refractivity (Wildman–Crippen MR) is 76.0 cm³/mol. The topological polar surface area (TPSA) is 81.0 Å². The van der Waals surface area contributed by atoms with Crippen molar-refractivity contribution in [3.63, 3.8) is 0 Å². The van der Waals surface area contributed by atoms with E-state index in [0.717, 1.165) is 0 Å². The van der Waals surface area contributed by atoms with E-state index in [4.69, 9.17) is 0 Å². The summed E-state index contributed by atoms with van der Waals surface area (Å²) >= 11 is 3.23. The van der Waals surface area contributed by atoms with E-state index >= 15 is 0 Å². The number of nitrogens with one attached hydrogen (secondary N) is 1. The van der Waals surface area contributed by atoms with Gasteiger partial charge in [0.2, 0.25) is 0 Å². The first-order valence-electron chi connectivity index (χ1n) is 5.62. The molecule has 0 aliphatic carbocycles. The zero-order valence-electron chi connectivity index (χ0n) is 10.1. The Morgan fingerprint density at radius 2 is 2.11 bits per heavy atom. The van der Waals surface area contributed by atoms with Gasteiger partial charge in [-0.1, -0.05) is 15.9 Å². The van der Waals surface area contributed by atoms with Crippen LogP contribution in [-0.4, -0.2) is 21.4 Å². The molecule has 0 saturated heterocycles. The van der Waals surface area contributed by atoms with Crippen LogP contribution < -0.4 is 5.32 Å². The highest BCUT2D eigenvalue weighted by Crippen LogP contribution is 2.34. The third-order valence-electron chi connectivity index (χ3n) is 2.45. The van der Waals surface area contributed by atoms with Gasteiger partial charge in [0.25, 0.3) is 5.69 Å². The summed E-state index contributed by atoms with van der Waals surface area (Å²) in [5.41, 5.74) is 0.912. The molecular formula is C12H11BrN4O2. The average Bonchev–Trinajstić information content (AvgIpc) is 2.40. The molecule has 0 unspecified atom stereocenters. The summed E-state index contributed by atoms with van der Waals surface area (Å²) in [7, 11) is 0. The molecule has 2 aromatic rings. The molecule has 0 spiro atoms. The molecule has 1 N–H and O–H groups in total. The van der Waals surface area contributed by atoms with Crippen LogP contribution in [0.15, 0.2) is 35.1 Å². The lowest BCUT2D eigenvalue weighted by Crippen LogP contribution is -2.03. The molecule has 1 heterocycles. The van der Waals surface area contributed by atoms with Crippen molar-refractivity contribution in [2.45, 2.75) is 6.92 Å². The van der Waals surface area contributed by atoms with Crippen LogP contribution in [0.25, 0.3) is 11.3 Å². The van der Waals surface area contributed by atoms with Gasteiger partial charge in [-0.3, -0.25) is 15.1 Å². The average molecular weight is 323 g/mol. The van der Waals surface area contributed by atoms with E-state index in [1.54, 1.807) is 18.3 Å². The largest absolute Gasteiger partial charge is 0.369 e. The molecule has 0 aliphatic heterocycles. The maximum Gasteiger partial charge on any atom is 0.280 e. The van der Waals surface area contributed by atoms with Crippen molar-refractivity contribution in [3.8, 4) is 11.3 Å². The van der Waals surface area contributed by atoms with Crippen molar-refractivity contribution in [1.29, 1.82) is 0 Å². The Kier molecular flexibility index (Phi) is 4.06. The van der Waals surface area contributed by atoms with Crippen molar-refractivity contribution >= 4 is 27.4 Å². The monoisotopic (exact) mass is 322 g/mol. The molecule has 1 aromatic heterocycles. The van der Waals surface area contributed by atoms with E-state index < -0.39 is 4.92 Å². The second kappa shape index (κ2) is 5.75. The number of anilines is 1. The summed E-state index contributed by atoms with van der Waals surface area (Å²) < 4.78 is 0.650. The molecule has 0 amide bonds. The lowest BCUT2D eigenvalue weighted by atomic mass is 10.1. The van der Waals surface area contributed by atoms with Crippen molar-refractivity contribution < 1.29 is 4.92 Å². The molecule has 2 rings (SSSR count). The van der Waals surface area contributed by atoms with Crippen molar-refractivity contribution in [2.75, 3.05) is 11.9 Å². The molecule has 0 radical (unpaired) electrons. The van der Waals surface area contributed by atoms with Crippen LogP contribution in [-0.2, 0) is 0 Å². The molecular weight excluding hydrogens is 312 g/mol. The zero-order valence-corrected chi connectivity index (χ0v) is 11.7. The van der Waals surface area contributed by atoms with Gasteiger partial charge in [0.1, 0.15) is 5.69 Å². The molecule has 6 nitrogen and oxygen atoms in total. The van der Waals surface area contributed by atoms with E-state index in [2.05, 4.69) is 31.2 Å². The van der Waals surface area contributed by atoms with E-state index in [-0.39, 0.29) is 5.69 Å². The number of nitrogens with zero attached hydrogens (tertiary/aromatic N) is 3. The van der Waals surface area contributed by atoms with Gasteiger partial charge in [-0.15, -0.1) is 0 Å². The van der Waals surface area contributed by atoms with Crippen LogP contribution in [0.1, 0.15) is 6.92 Å². The Balaban J connectivity index is 2.62. The number of nitro groups is 1. The number of aromatic nitrogens is 2. The first-order chi connectivity index (χ1) is 9.13. The highest BCUT2D eigenvalue weighted by Gasteiger charge is 2.19. The fourth-order valence-corrected chi connectivity index (χ4v) is 2.04. The van der Waals surface area contributed by atoms with Crippen LogP contribution in [0.3, 0.4) is 0 Å². The number of hydrogen-bond acceptors (Lipinski definition) is 5. The van der Waals surface area contributed by atoms with Gasteiger partial charge in [-0.25, -0.2) is 4.98 Å². The first kappa shape index (κ1) is 13.4. The summed E-state index contributed by atoms with van der Waals surface area (Å²) in [6.07, 6.45) is 3.06. The Hall–Kier alpha value is -2.02. The minimum absolute atomic E-state index is 0.00553. The van der Waals surface area contributed by atoms with Crippen LogP contribution in [0, 0.1) is 10.1 Å². The highest BCUT2D eigenvalue weighted by atomic mass is 79.9. The summed E-state index contributed by atoms with van der Waals surface area (Å²) in [5.74, 6) is 0.537. The fourth-order valence-electron chi connectivity index (χ4n) is 1.69. The Morgan fingerprint density at radius 1 is 1.37 bits per heavy atom. The molecule has 1 aromatic carbocycles. The number of nitro benzene ring substituents is 1. The van der Waals surface area contributed by atoms with E-state index in [9.17, 15) is 10.1 Å². The quantitative estimate of drug-likeness (QED) is 0.690. The standard InChI is InChI=1S/C12H11BrN4O2/c1-2-14-12-11(15-5-6-16-12)9-4-3-8(13)7-10(9)17(18)19/h3-7H,2H2,1H3,(H,14,16). The maximum absolute atomic E-state index is 11.1. The molecule has 0 saturated carbocycles. The zero-order chi connectivity index (χ0) is 13.8. The molecule has 19 heavy (non-hydrogen) atoms. The third-order valence-corrected chi connectivity index (χ3v) is 2.95. The first-order valence-corrected chi connectivity index (χ1v) is 6.42. The lowest BCUT2D eigenvalue weighted by molar-refractivity contribution is -0.384. The molecule has 7 heteroatoms. The maximum atomic E-state index is 11.1. The SMILES string of the molecule is CCNc1nccnc1-c1ccc(Br)cc1[N+](=O)[O-]. The molecule has 0 fully saturated rings. The van der Waals surface area contributed by atoms with Gasteiger partial charge in [0.05, 0.1) is 10.5 Å². The molecule has 98 valence electrons. The third kappa shape index (κ3) is 2.87. The predicted octanol–water partition coefficient (Wildman–Crippen LogP) is 3.25. The van der Waals surface area contributed by atoms with Crippen molar-refractivity contribution in [1.82, 2.24) is 9.97 Å². The summed E-state index contributed by atoms with van der Waals surface area (Å²) in [6.45, 7) is 2.59. The van der Waals surface area contributed by atoms with Crippen LogP contribution in [0.5, 0.6) is 0 Å². The van der Waals surface area contributed by atoms with Crippen molar-refractivity contribution in [2.24, 2.45) is 0 Å². The molecule has 0 aliphatic rings. The van der Waals surface area contributed by atoms with E-state index in [0.29, 0.717) is 28.1 Å². The van der Waals surface area contributed by atoms with Gasteiger partial charge >= 0.3 is 0 Å². The Morgan fingerprint density at radius 3 is 2.79 bits per heavy atom. The van der Waals surface area contributed by atoms with Gasteiger partial charge < -0.3 is 5.32 Å². The lowest BCUT2D eigenvalue weighted by Gasteiger charge is -2.08. The smallest absolute Gasteiger partial charge is 0.280 e. The normalized spacial score (nSPS) is 10.2. The van der Waals surface area contributed by atoms with Crippen molar-refractivity contribution in [3.05, 3.63) is 45.2 Å². The number of halogens is 1. The number of benzene rings is 1. The minimum Gasteiger partial charge on any atom is -0.369 e. The second-order valence-corrected chi connectivity index (χ2v) is 4.62. The molecule has 0 bridgehead atoms. The summed E-state index contributed by atoms with van der Waals surface area (Å²) in [5, 5.41) is 14.2. The summed E-state index contributed by atoms with van der Waals surface area (Å²) in [4.78, 5) is 19.1. The number of hydrogen-bond donors (Lipinski definition) is 1. The van der Waals surface area contributed by atoms with Gasteiger partial charge in [-0.2, -0.15) is 0 Å². The van der Waals surface area contributed by atoms with Crippen LogP contribution in [0.2, 0.25) is 0 Å². The van der Waals surface area contributed by atoms with Gasteiger partial charge in [0, 0.05) is 29.5 Å².